The van der Waals surface area contributed by atoms with E-state index in [9.17, 15) is 13.2 Å². The number of aromatic nitrogens is 3. The van der Waals surface area contributed by atoms with Crippen molar-refractivity contribution in [3.8, 4) is 22.2 Å². The van der Waals surface area contributed by atoms with Crippen molar-refractivity contribution in [2.75, 3.05) is 23.8 Å². The van der Waals surface area contributed by atoms with E-state index in [4.69, 9.17) is 9.47 Å². The third-order valence-electron chi connectivity index (χ3n) is 5.48. The molecule has 0 unspecified atom stereocenters. The Bertz CT molecular complexity index is 1320. The third-order valence-corrected chi connectivity index (χ3v) is 8.37. The van der Waals surface area contributed by atoms with Gasteiger partial charge in [0.15, 0.2) is 10.2 Å². The second kappa shape index (κ2) is 9.78. The maximum Gasteiger partial charge on any atom is 0.237 e. The lowest BCUT2D eigenvalue weighted by Crippen LogP contribution is -2.35. The van der Waals surface area contributed by atoms with Crippen LogP contribution in [0.3, 0.4) is 0 Å². The average molecular weight is 518 g/mol. The highest BCUT2D eigenvalue weighted by molar-refractivity contribution is 7.93. The Morgan fingerprint density at radius 3 is 2.51 bits per heavy atom. The van der Waals surface area contributed by atoms with Crippen molar-refractivity contribution in [3.05, 3.63) is 42.4 Å². The van der Waals surface area contributed by atoms with Crippen LogP contribution in [0.2, 0.25) is 0 Å². The highest BCUT2D eigenvalue weighted by Crippen LogP contribution is 2.40. The maximum atomic E-state index is 13.2. The zero-order valence-corrected chi connectivity index (χ0v) is 21.5. The fraction of sp³-hybridized carbons (Fsp3) is 0.391. The Morgan fingerprint density at radius 1 is 1.17 bits per heavy atom. The molecule has 35 heavy (non-hydrogen) atoms. The van der Waals surface area contributed by atoms with Crippen molar-refractivity contribution in [3.63, 3.8) is 0 Å². The summed E-state index contributed by atoms with van der Waals surface area (Å²) >= 11 is 1.06. The molecule has 0 saturated heterocycles. The van der Waals surface area contributed by atoms with Gasteiger partial charge in [0.1, 0.15) is 5.69 Å². The van der Waals surface area contributed by atoms with Crippen molar-refractivity contribution in [1.29, 1.82) is 0 Å². The number of carbonyl (C=O) groups excluding carboxylic acids is 1. The average Bonchev–Trinajstić information content (AvgIpc) is 3.62. The largest absolute Gasteiger partial charge is 0.486 e. The molecule has 0 radical (unpaired) electrons. The first-order valence-corrected chi connectivity index (χ1v) is 13.4. The van der Waals surface area contributed by atoms with E-state index in [1.165, 1.54) is 7.11 Å². The molecule has 4 rings (SSSR count). The number of sulfonamides is 1. The molecule has 2 aromatic heterocycles. The van der Waals surface area contributed by atoms with Crippen LogP contribution in [0.5, 0.6) is 10.9 Å². The zero-order valence-electron chi connectivity index (χ0n) is 19.9. The Kier molecular flexibility index (Phi) is 6.95. The molecule has 1 aliphatic rings. The minimum absolute atomic E-state index is 0.185. The summed E-state index contributed by atoms with van der Waals surface area (Å²) in [5, 5.41) is 3.08. The fourth-order valence-electron chi connectivity index (χ4n) is 3.29. The lowest BCUT2D eigenvalue weighted by molar-refractivity contribution is -0.120. The third kappa shape index (κ3) is 5.54. The van der Waals surface area contributed by atoms with Gasteiger partial charge < -0.3 is 14.8 Å². The lowest BCUT2D eigenvalue weighted by Gasteiger charge is -2.22. The lowest BCUT2D eigenvalue weighted by atomic mass is 9.88. The summed E-state index contributed by atoms with van der Waals surface area (Å²) in [6, 6.07) is 7.20. The number of amides is 1. The predicted octanol–water partition coefficient (Wildman–Crippen LogP) is 3.83. The first-order chi connectivity index (χ1) is 16.6. The van der Waals surface area contributed by atoms with Gasteiger partial charge in [-0.2, -0.15) is 0 Å². The Labute approximate surface area is 208 Å². The Morgan fingerprint density at radius 2 is 1.89 bits per heavy atom. The molecule has 1 saturated carbocycles. The van der Waals surface area contributed by atoms with E-state index < -0.39 is 15.4 Å². The molecule has 1 aliphatic carbocycles. The molecule has 0 atom stereocenters. The number of carbonyl (C=O) groups is 1. The SMILES string of the molecule is CCOc1cncc(-c2ccc(NC(=O)C(C)(C)c3nc(NS(=O)(=O)C4CC4)sc3OC)cc2)n1. The normalized spacial score (nSPS) is 13.8. The number of ether oxygens (including phenoxy) is 2. The van der Waals surface area contributed by atoms with Gasteiger partial charge in [-0.3, -0.25) is 14.5 Å². The minimum atomic E-state index is -3.47. The highest BCUT2D eigenvalue weighted by atomic mass is 32.2. The Hall–Kier alpha value is -3.25. The molecule has 0 spiro atoms. The number of nitrogens with one attached hydrogen (secondary N) is 2. The molecule has 0 aliphatic heterocycles. The molecule has 0 bridgehead atoms. The van der Waals surface area contributed by atoms with Gasteiger partial charge in [-0.1, -0.05) is 23.5 Å². The van der Waals surface area contributed by atoms with Crippen LogP contribution in [0.25, 0.3) is 11.3 Å². The van der Waals surface area contributed by atoms with E-state index in [1.54, 1.807) is 38.4 Å². The summed E-state index contributed by atoms with van der Waals surface area (Å²) in [5.41, 5.74) is 1.33. The number of nitrogens with zero attached hydrogens (tertiary/aromatic N) is 3. The van der Waals surface area contributed by atoms with Crippen molar-refractivity contribution < 1.29 is 22.7 Å². The van der Waals surface area contributed by atoms with E-state index >= 15 is 0 Å². The molecule has 186 valence electrons. The monoisotopic (exact) mass is 517 g/mol. The summed E-state index contributed by atoms with van der Waals surface area (Å²) in [4.78, 5) is 26.2. The van der Waals surface area contributed by atoms with Gasteiger partial charge in [0.25, 0.3) is 0 Å². The molecular weight excluding hydrogens is 490 g/mol. The van der Waals surface area contributed by atoms with Gasteiger partial charge in [-0.05, 0) is 45.7 Å². The molecule has 10 nitrogen and oxygen atoms in total. The van der Waals surface area contributed by atoms with Crippen LogP contribution in [0.15, 0.2) is 36.7 Å². The summed E-state index contributed by atoms with van der Waals surface area (Å²) in [6.07, 6.45) is 4.48. The summed E-state index contributed by atoms with van der Waals surface area (Å²) in [6.45, 7) is 5.79. The van der Waals surface area contributed by atoms with E-state index in [-0.39, 0.29) is 16.3 Å². The number of anilines is 2. The predicted molar refractivity (Wildman–Crippen MR) is 135 cm³/mol. The van der Waals surface area contributed by atoms with Gasteiger partial charge in [0.05, 0.1) is 42.5 Å². The first kappa shape index (κ1) is 24.9. The van der Waals surface area contributed by atoms with E-state index in [1.807, 2.05) is 19.1 Å². The van der Waals surface area contributed by atoms with Gasteiger partial charge in [0.2, 0.25) is 21.8 Å². The summed E-state index contributed by atoms with van der Waals surface area (Å²) < 4.78 is 37.9. The number of hydrogen-bond donors (Lipinski definition) is 2. The number of benzene rings is 1. The van der Waals surface area contributed by atoms with Gasteiger partial charge in [-0.15, -0.1) is 0 Å². The number of methoxy groups -OCH3 is 1. The van der Waals surface area contributed by atoms with Crippen molar-refractivity contribution in [2.45, 2.75) is 44.3 Å². The maximum absolute atomic E-state index is 13.2. The van der Waals surface area contributed by atoms with Crippen molar-refractivity contribution in [1.82, 2.24) is 15.0 Å². The topological polar surface area (TPSA) is 132 Å². The molecule has 2 heterocycles. The van der Waals surface area contributed by atoms with Crippen LogP contribution in [-0.4, -0.2) is 48.2 Å². The second-order valence-corrected chi connectivity index (χ2v) is 11.5. The van der Waals surface area contributed by atoms with Crippen molar-refractivity contribution in [2.24, 2.45) is 0 Å². The van der Waals surface area contributed by atoms with Crippen LogP contribution in [0.1, 0.15) is 39.3 Å². The van der Waals surface area contributed by atoms with Gasteiger partial charge in [-0.25, -0.2) is 18.4 Å². The molecule has 1 aromatic carbocycles. The standard InChI is InChI=1S/C23H27N5O5S2/c1-5-33-18-13-24-12-17(26-18)14-6-8-15(9-7-14)25-21(29)23(2,3)19-20(32-4)34-22(27-19)28-35(30,31)16-10-11-16/h6-9,12-13,16H,5,10-11H2,1-4H3,(H,25,29)(H,27,28). The number of rotatable bonds is 10. The highest BCUT2D eigenvalue weighted by Gasteiger charge is 2.39. The van der Waals surface area contributed by atoms with E-state index in [0.717, 1.165) is 16.9 Å². The summed E-state index contributed by atoms with van der Waals surface area (Å²) in [5.74, 6) is 0.128. The summed E-state index contributed by atoms with van der Waals surface area (Å²) in [7, 11) is -2.01. The fourth-order valence-corrected chi connectivity index (χ4v) is 5.81. The van der Waals surface area contributed by atoms with E-state index in [0.29, 0.717) is 47.5 Å². The van der Waals surface area contributed by atoms with Gasteiger partial charge >= 0.3 is 0 Å². The first-order valence-electron chi connectivity index (χ1n) is 11.1. The van der Waals surface area contributed by atoms with Crippen LogP contribution >= 0.6 is 11.3 Å². The molecule has 12 heteroatoms. The molecule has 3 aromatic rings. The van der Waals surface area contributed by atoms with Gasteiger partial charge in [0, 0.05) is 11.3 Å². The molecule has 2 N–H and O–H groups in total. The van der Waals surface area contributed by atoms with Crippen molar-refractivity contribution >= 4 is 38.1 Å². The Balaban J connectivity index is 1.49. The van der Waals surface area contributed by atoms with Crippen LogP contribution < -0.4 is 19.5 Å². The van der Waals surface area contributed by atoms with E-state index in [2.05, 4.69) is 25.0 Å². The quantitative estimate of drug-likeness (QED) is 0.415. The smallest absolute Gasteiger partial charge is 0.237 e. The number of hydrogen-bond acceptors (Lipinski definition) is 9. The minimum Gasteiger partial charge on any atom is -0.486 e. The molecular formula is C23H27N5O5S2. The van der Waals surface area contributed by atoms with Crippen LogP contribution in [0.4, 0.5) is 10.8 Å². The van der Waals surface area contributed by atoms with Crippen LogP contribution in [-0.2, 0) is 20.2 Å². The number of thiazole rings is 1. The molecule has 1 fully saturated rings. The van der Waals surface area contributed by atoms with Crippen LogP contribution in [0, 0.1) is 0 Å². The second-order valence-electron chi connectivity index (χ2n) is 8.54. The molecule has 1 amide bonds. The zero-order chi connectivity index (χ0) is 25.2.